The molecule has 39 heteroatoms. The van der Waals surface area contributed by atoms with Crippen LogP contribution in [0.2, 0.25) is 0 Å². The summed E-state index contributed by atoms with van der Waals surface area (Å²) in [5.74, 6) is -93.2. The van der Waals surface area contributed by atoms with Crippen molar-refractivity contribution >= 4 is 39.8 Å². The number of halogens is 29. The molecule has 0 saturated carbocycles. The molecule has 70 heavy (non-hydrogen) atoms. The maximum Gasteiger partial charge on any atom is 0.460 e. The topological polar surface area (TPSA) is 168 Å². The molecule has 0 atom stereocenters. The number of carboxylic acid groups (broad SMARTS) is 4. The number of benzene rings is 2. The van der Waals surface area contributed by atoms with Crippen LogP contribution in [0.1, 0.15) is 41.4 Å². The van der Waals surface area contributed by atoms with Crippen molar-refractivity contribution in [3.8, 4) is 11.5 Å². The van der Waals surface area contributed by atoms with Gasteiger partial charge in [0.05, 0.1) is 16.7 Å². The molecule has 0 saturated heterocycles. The highest BCUT2D eigenvalue weighted by Gasteiger charge is 2.94. The number of carboxylic acids is 4. The third-order valence-corrected chi connectivity index (χ3v) is 8.36. The zero-order valence-electron chi connectivity index (χ0n) is 31.1. The van der Waals surface area contributed by atoms with Crippen LogP contribution in [0, 0.1) is 0 Å². The van der Waals surface area contributed by atoms with Gasteiger partial charge < -0.3 is 29.9 Å². The zero-order chi connectivity index (χ0) is 56.1. The van der Waals surface area contributed by atoms with Crippen LogP contribution in [0.4, 0.5) is 123 Å². The van der Waals surface area contributed by atoms with Crippen LogP contribution in [0.5, 0.6) is 11.5 Å². The molecule has 0 amide bonds. The number of carbonyl (C=O) groups is 4. The number of ether oxygens (including phenoxy) is 2. The maximum atomic E-state index is 13.9. The first kappa shape index (κ1) is 61.9. The van der Waals surface area contributed by atoms with Gasteiger partial charge in [0, 0.05) is 4.47 Å². The molecule has 0 aromatic heterocycles. The molecule has 0 spiro atoms. The zero-order valence-corrected chi connectivity index (χ0v) is 32.7. The number of aromatic carboxylic acids is 4. The average Bonchev–Trinajstić information content (AvgIpc) is 3.18. The van der Waals surface area contributed by atoms with Gasteiger partial charge in [-0.2, -0.15) is 123 Å². The van der Waals surface area contributed by atoms with E-state index in [1.54, 1.807) is 0 Å². The highest BCUT2D eigenvalue weighted by Crippen LogP contribution is 2.63. The molecule has 2 aromatic carbocycles. The van der Waals surface area contributed by atoms with Crippen molar-refractivity contribution in [3.05, 3.63) is 80.7 Å². The van der Waals surface area contributed by atoms with Crippen molar-refractivity contribution in [2.24, 2.45) is 0 Å². The van der Waals surface area contributed by atoms with Gasteiger partial charge in [-0.1, -0.05) is 0 Å². The Hall–Kier alpha value is -6.08. The Morgan fingerprint density at radius 1 is 0.386 bits per heavy atom. The van der Waals surface area contributed by atoms with E-state index in [1.165, 1.54) is 0 Å². The lowest BCUT2D eigenvalue weighted by molar-refractivity contribution is -0.451. The van der Waals surface area contributed by atoms with Crippen LogP contribution in [-0.4, -0.2) is 110 Å². The number of alkyl halides is 24. The summed E-state index contributed by atoms with van der Waals surface area (Å²) in [7, 11) is 0. The monoisotopic (exact) mass is 1150 g/mol. The maximum absolute atomic E-state index is 13.9. The summed E-state index contributed by atoms with van der Waals surface area (Å²) in [6.45, 7) is 0. The molecule has 396 valence electrons. The number of allylic oxidation sites excluding steroid dienone is 2. The van der Waals surface area contributed by atoms with Crippen molar-refractivity contribution in [1.29, 1.82) is 0 Å². The van der Waals surface area contributed by atoms with E-state index in [2.05, 4.69) is 25.4 Å². The quantitative estimate of drug-likeness (QED) is 0.0884. The van der Waals surface area contributed by atoms with Gasteiger partial charge in [-0.3, -0.25) is 0 Å². The lowest BCUT2D eigenvalue weighted by Crippen LogP contribution is -2.72. The smallest absolute Gasteiger partial charge is 0.460 e. The molecule has 0 heterocycles. The van der Waals surface area contributed by atoms with E-state index in [9.17, 15) is 142 Å². The third kappa shape index (κ3) is 10.6. The second kappa shape index (κ2) is 19.3. The van der Waals surface area contributed by atoms with E-state index in [0.717, 1.165) is 0 Å². The minimum atomic E-state index is -8.78. The highest BCUT2D eigenvalue weighted by atomic mass is 79.9. The minimum Gasteiger partial charge on any atom is -0.478 e. The second-order valence-electron chi connectivity index (χ2n) is 12.3. The summed E-state index contributed by atoms with van der Waals surface area (Å²) in [6, 6.07) is -6.54. The summed E-state index contributed by atoms with van der Waals surface area (Å²) in [6.07, 6.45) is -15.2. The fourth-order valence-electron chi connectivity index (χ4n) is 4.03. The average molecular weight is 1150 g/mol. The van der Waals surface area contributed by atoms with Crippen LogP contribution in [-0.2, 0) is 0 Å². The van der Waals surface area contributed by atoms with Crippen molar-refractivity contribution < 1.29 is 172 Å². The van der Waals surface area contributed by atoms with E-state index >= 15 is 0 Å². The van der Waals surface area contributed by atoms with Crippen LogP contribution in [0.25, 0.3) is 0 Å². The summed E-state index contributed by atoms with van der Waals surface area (Å²) in [5.41, 5.74) is -4.68. The van der Waals surface area contributed by atoms with Gasteiger partial charge in [0.1, 0.15) is 17.1 Å². The van der Waals surface area contributed by atoms with Gasteiger partial charge in [0.2, 0.25) is 11.7 Å². The van der Waals surface area contributed by atoms with Crippen molar-refractivity contribution in [1.82, 2.24) is 0 Å². The SMILES string of the molecule is O=C(O)c1cc(OC(F)=C(F)C(F)(F)C(F)(F)C(F)(F)C(F)(F)C(F)(F)C(F)(F)C(F)(F)F)c(C(=O)O)cc1Br.O=C(O)c1cc(OC(F)=C(F)C(F)(F)C(F)(F)C(F)(F)C(F)(F)F)cc(C(=O)O)c1. The Balaban J connectivity index is 0.000000729. The molecule has 10 nitrogen and oxygen atoms in total. The molecule has 0 aliphatic rings. The van der Waals surface area contributed by atoms with E-state index in [-0.39, 0.29) is 24.3 Å². The van der Waals surface area contributed by atoms with Gasteiger partial charge in [-0.05, 0) is 46.3 Å². The normalized spacial score (nSPS) is 14.7. The summed E-state index contributed by atoms with van der Waals surface area (Å²) < 4.78 is 373. The lowest BCUT2D eigenvalue weighted by atomic mass is 9.91. The number of hydrogen-bond acceptors (Lipinski definition) is 6. The van der Waals surface area contributed by atoms with E-state index in [4.69, 9.17) is 20.4 Å². The van der Waals surface area contributed by atoms with Gasteiger partial charge in [0.25, 0.3) is 0 Å². The van der Waals surface area contributed by atoms with Gasteiger partial charge in [-0.25, -0.2) is 19.2 Å². The minimum absolute atomic E-state index is 0.123. The second-order valence-corrected chi connectivity index (χ2v) is 13.2. The summed E-state index contributed by atoms with van der Waals surface area (Å²) in [4.78, 5) is 43.7. The first-order valence-electron chi connectivity index (χ1n) is 15.6. The van der Waals surface area contributed by atoms with Crippen molar-refractivity contribution in [2.75, 3.05) is 0 Å². The standard InChI is InChI=1S/C17H4BrF17O5.C14H5F11O5/c18-5-1-4(10(38)39)6(2-3(5)9(36)37)40-8(20)7(19)11(21,22)12(23,24)13(25,26)14(27,28)15(29,30)16(31,32)17(33,34)35;15-7(11(17,18)12(19,20)13(21,22)14(23,24)25)8(16)30-6-2-4(9(26)27)1-5(3-6)10(28)29/h1-2H,(H,36,37)(H,38,39);1-3H,(H,26,27)(H,28,29). The number of hydrogen-bond donors (Lipinski definition) is 4. The predicted octanol–water partition coefficient (Wildman–Crippen LogP) is 12.7. The van der Waals surface area contributed by atoms with E-state index in [0.29, 0.717) is 6.07 Å². The predicted molar refractivity (Wildman–Crippen MR) is 165 cm³/mol. The van der Waals surface area contributed by atoms with Crippen LogP contribution < -0.4 is 9.47 Å². The molecular weight excluding hydrogens is 1140 g/mol. The molecule has 2 rings (SSSR count). The Morgan fingerprint density at radius 2 is 0.686 bits per heavy atom. The summed E-state index contributed by atoms with van der Waals surface area (Å²) >= 11 is 2.45. The fraction of sp³-hybridized carbons (Fsp3) is 0.355. The van der Waals surface area contributed by atoms with Gasteiger partial charge in [0.15, 0.2) is 0 Å². The molecule has 0 aliphatic heterocycles. The molecule has 0 unspecified atom stereocenters. The first-order chi connectivity index (χ1) is 30.7. The molecule has 0 radical (unpaired) electrons. The summed E-state index contributed by atoms with van der Waals surface area (Å²) in [5, 5.41) is 35.2. The highest BCUT2D eigenvalue weighted by molar-refractivity contribution is 9.10. The number of rotatable bonds is 17. The Labute approximate surface area is 370 Å². The van der Waals surface area contributed by atoms with Crippen molar-refractivity contribution in [3.63, 3.8) is 0 Å². The molecule has 0 bridgehead atoms. The third-order valence-electron chi connectivity index (χ3n) is 7.71. The molecule has 0 fully saturated rings. The molecular formula is C31H9BrF28O10. The van der Waals surface area contributed by atoms with Crippen LogP contribution >= 0.6 is 15.9 Å². The molecule has 0 aliphatic carbocycles. The van der Waals surface area contributed by atoms with Crippen LogP contribution in [0.15, 0.2) is 58.5 Å². The van der Waals surface area contributed by atoms with Gasteiger partial charge in [-0.15, -0.1) is 0 Å². The Morgan fingerprint density at radius 3 is 1.01 bits per heavy atom. The Bertz CT molecular complexity index is 2410. The first-order valence-corrected chi connectivity index (χ1v) is 16.4. The fourth-order valence-corrected chi connectivity index (χ4v) is 4.54. The molecule has 4 N–H and O–H groups in total. The van der Waals surface area contributed by atoms with Crippen molar-refractivity contribution in [2.45, 2.75) is 65.7 Å². The van der Waals surface area contributed by atoms with Crippen LogP contribution in [0.3, 0.4) is 0 Å². The van der Waals surface area contributed by atoms with E-state index in [1.807, 2.05) is 0 Å². The van der Waals surface area contributed by atoms with E-state index < -0.39 is 151 Å². The largest absolute Gasteiger partial charge is 0.478 e. The lowest BCUT2D eigenvalue weighted by Gasteiger charge is -2.41. The van der Waals surface area contributed by atoms with Gasteiger partial charge >= 0.3 is 102 Å². The molecule has 2 aromatic rings. The Kier molecular flexibility index (Phi) is 17.0.